The van der Waals surface area contributed by atoms with Crippen molar-refractivity contribution in [3.8, 4) is 28.7 Å². The van der Waals surface area contributed by atoms with Gasteiger partial charge in [0.1, 0.15) is 35.0 Å². The molecule has 0 saturated heterocycles. The maximum absolute atomic E-state index is 13.2. The van der Waals surface area contributed by atoms with Gasteiger partial charge in [-0.15, -0.1) is 10.2 Å². The second-order valence-corrected chi connectivity index (χ2v) is 9.37. The highest BCUT2D eigenvalue weighted by Gasteiger charge is 2.28. The first kappa shape index (κ1) is 23.9. The van der Waals surface area contributed by atoms with Crippen LogP contribution in [-0.2, 0) is 16.4 Å². The zero-order valence-corrected chi connectivity index (χ0v) is 19.8. The number of nitrogens with one attached hydrogen (secondary N) is 1. The van der Waals surface area contributed by atoms with Crippen molar-refractivity contribution < 1.29 is 22.3 Å². The number of benzene rings is 1. The second-order valence-electron chi connectivity index (χ2n) is 7.27. The van der Waals surface area contributed by atoms with E-state index in [1.165, 1.54) is 38.2 Å². The highest BCUT2D eigenvalue weighted by molar-refractivity contribution is 7.93. The van der Waals surface area contributed by atoms with Crippen LogP contribution in [0.5, 0.6) is 11.5 Å². The number of hydrogen-bond donors (Lipinski definition) is 1. The SMILES string of the molecule is COc1cccc(OC)c1-n1c(NS(=O)(=O)C(C)Cc2ncc(F)cn2)nnc1-c1ccncn1. The van der Waals surface area contributed by atoms with Gasteiger partial charge in [0.25, 0.3) is 0 Å². The van der Waals surface area contributed by atoms with Crippen LogP contribution in [-0.4, -0.2) is 62.6 Å². The summed E-state index contributed by atoms with van der Waals surface area (Å²) in [7, 11) is -1.07. The largest absolute Gasteiger partial charge is 0.494 e. The number of sulfonamides is 1. The Bertz CT molecular complexity index is 1390. The molecule has 1 atom stereocenters. The summed E-state index contributed by atoms with van der Waals surface area (Å²) >= 11 is 0. The molecule has 0 aliphatic heterocycles. The minimum Gasteiger partial charge on any atom is -0.494 e. The Kier molecular flexibility index (Phi) is 6.82. The number of methoxy groups -OCH3 is 2. The first-order valence-corrected chi connectivity index (χ1v) is 11.8. The summed E-state index contributed by atoms with van der Waals surface area (Å²) in [5.74, 6) is 0.438. The van der Waals surface area contributed by atoms with E-state index >= 15 is 0 Å². The predicted molar refractivity (Wildman–Crippen MR) is 123 cm³/mol. The van der Waals surface area contributed by atoms with Crippen molar-refractivity contribution in [1.82, 2.24) is 34.7 Å². The molecule has 35 heavy (non-hydrogen) atoms. The van der Waals surface area contributed by atoms with Crippen LogP contribution >= 0.6 is 0 Å². The summed E-state index contributed by atoms with van der Waals surface area (Å²) in [5, 5.41) is 7.26. The molecule has 1 unspecified atom stereocenters. The number of rotatable bonds is 9. The topological polar surface area (TPSA) is 147 Å². The molecule has 0 amide bonds. The van der Waals surface area contributed by atoms with E-state index in [-0.39, 0.29) is 24.0 Å². The maximum atomic E-state index is 13.2. The van der Waals surface area contributed by atoms with Gasteiger partial charge in [0.15, 0.2) is 11.6 Å². The molecule has 4 rings (SSSR count). The average Bonchev–Trinajstić information content (AvgIpc) is 3.27. The Labute approximate surface area is 200 Å². The fourth-order valence-electron chi connectivity index (χ4n) is 3.24. The van der Waals surface area contributed by atoms with Crippen LogP contribution in [0, 0.1) is 5.82 Å². The minimum atomic E-state index is -4.02. The normalized spacial score (nSPS) is 12.2. The van der Waals surface area contributed by atoms with Crippen molar-refractivity contribution >= 4 is 16.0 Å². The summed E-state index contributed by atoms with van der Waals surface area (Å²) in [6.45, 7) is 1.48. The van der Waals surface area contributed by atoms with E-state index < -0.39 is 21.1 Å². The molecule has 3 heterocycles. The van der Waals surface area contributed by atoms with E-state index in [4.69, 9.17) is 9.47 Å². The lowest BCUT2D eigenvalue weighted by molar-refractivity contribution is 0.391. The van der Waals surface area contributed by atoms with E-state index in [1.807, 2.05) is 0 Å². The molecule has 12 nitrogen and oxygen atoms in total. The Balaban J connectivity index is 1.79. The fraction of sp³-hybridized carbons (Fsp3) is 0.238. The lowest BCUT2D eigenvalue weighted by Gasteiger charge is -2.18. The van der Waals surface area contributed by atoms with Crippen LogP contribution in [0.3, 0.4) is 0 Å². The van der Waals surface area contributed by atoms with Crippen molar-refractivity contribution in [2.45, 2.75) is 18.6 Å². The number of hydrogen-bond acceptors (Lipinski definition) is 10. The molecule has 0 bridgehead atoms. The zero-order chi connectivity index (χ0) is 25.0. The van der Waals surface area contributed by atoms with Gasteiger partial charge in [-0.3, -0.25) is 9.29 Å². The summed E-state index contributed by atoms with van der Waals surface area (Å²) in [4.78, 5) is 15.8. The third-order valence-electron chi connectivity index (χ3n) is 5.01. The summed E-state index contributed by atoms with van der Waals surface area (Å²) in [6, 6.07) is 6.71. The van der Waals surface area contributed by atoms with Gasteiger partial charge in [-0.2, -0.15) is 0 Å². The molecular formula is C21H21FN8O4S. The molecule has 3 aromatic heterocycles. The molecule has 0 saturated carbocycles. The standard InChI is InChI=1S/C21H21FN8O4S/c1-13(9-18-24-10-14(22)11-25-18)35(31,32)29-21-28-27-20(15-7-8-23-12-26-15)30(21)19-16(33-2)5-4-6-17(19)34-3/h4-8,10-13H,9H2,1-3H3,(H,28,29). The smallest absolute Gasteiger partial charge is 0.243 e. The first-order chi connectivity index (χ1) is 16.8. The quantitative estimate of drug-likeness (QED) is 0.362. The van der Waals surface area contributed by atoms with E-state index in [9.17, 15) is 12.8 Å². The second kappa shape index (κ2) is 9.97. The van der Waals surface area contributed by atoms with Crippen molar-refractivity contribution in [1.29, 1.82) is 0 Å². The molecule has 0 aliphatic carbocycles. The minimum absolute atomic E-state index is 0.0551. The van der Waals surface area contributed by atoms with Crippen LogP contribution in [0.4, 0.5) is 10.3 Å². The van der Waals surface area contributed by atoms with Crippen LogP contribution in [0.2, 0.25) is 0 Å². The molecule has 14 heteroatoms. The molecule has 1 aromatic carbocycles. The number of nitrogens with zero attached hydrogens (tertiary/aromatic N) is 7. The van der Waals surface area contributed by atoms with E-state index in [0.29, 0.717) is 22.9 Å². The number of para-hydroxylation sites is 1. The lowest BCUT2D eigenvalue weighted by atomic mass is 10.2. The number of aromatic nitrogens is 7. The molecule has 4 aromatic rings. The van der Waals surface area contributed by atoms with Crippen LogP contribution in [0.15, 0.2) is 49.2 Å². The summed E-state index contributed by atoms with van der Waals surface area (Å²) in [5.41, 5.74) is 0.752. The van der Waals surface area contributed by atoms with Gasteiger partial charge in [0, 0.05) is 12.6 Å². The van der Waals surface area contributed by atoms with Crippen LogP contribution in [0.25, 0.3) is 17.2 Å². The van der Waals surface area contributed by atoms with Crippen molar-refractivity contribution in [2.24, 2.45) is 0 Å². The van der Waals surface area contributed by atoms with Crippen molar-refractivity contribution in [3.05, 3.63) is 60.8 Å². The molecule has 0 fully saturated rings. The number of halogens is 1. The van der Waals surface area contributed by atoms with Gasteiger partial charge in [-0.25, -0.2) is 32.7 Å². The third-order valence-corrected chi connectivity index (χ3v) is 6.70. The van der Waals surface area contributed by atoms with Crippen molar-refractivity contribution in [2.75, 3.05) is 18.9 Å². The molecule has 0 spiro atoms. The third kappa shape index (κ3) is 5.01. The monoisotopic (exact) mass is 500 g/mol. The van der Waals surface area contributed by atoms with Crippen LogP contribution < -0.4 is 14.2 Å². The molecule has 182 valence electrons. The Morgan fingerprint density at radius 2 is 1.74 bits per heavy atom. The van der Waals surface area contributed by atoms with Crippen molar-refractivity contribution in [3.63, 3.8) is 0 Å². The van der Waals surface area contributed by atoms with Gasteiger partial charge >= 0.3 is 0 Å². The average molecular weight is 501 g/mol. The molecule has 0 aliphatic rings. The Morgan fingerprint density at radius 1 is 1.06 bits per heavy atom. The van der Waals surface area contributed by atoms with E-state index in [0.717, 1.165) is 12.4 Å². The van der Waals surface area contributed by atoms with Gasteiger partial charge < -0.3 is 9.47 Å². The molecule has 0 radical (unpaired) electrons. The van der Waals surface area contributed by atoms with Gasteiger partial charge in [-0.05, 0) is 25.1 Å². The highest BCUT2D eigenvalue weighted by atomic mass is 32.2. The predicted octanol–water partition coefficient (Wildman–Crippen LogP) is 2.04. The van der Waals surface area contributed by atoms with Gasteiger partial charge in [-0.1, -0.05) is 6.07 Å². The number of anilines is 1. The van der Waals surface area contributed by atoms with Crippen LogP contribution in [0.1, 0.15) is 12.7 Å². The molecular weight excluding hydrogens is 479 g/mol. The number of ether oxygens (including phenoxy) is 2. The van der Waals surface area contributed by atoms with Gasteiger partial charge in [0.2, 0.25) is 16.0 Å². The van der Waals surface area contributed by atoms with E-state index in [1.54, 1.807) is 24.3 Å². The fourth-order valence-corrected chi connectivity index (χ4v) is 4.20. The Morgan fingerprint density at radius 3 is 2.34 bits per heavy atom. The lowest BCUT2D eigenvalue weighted by Crippen LogP contribution is -2.29. The zero-order valence-electron chi connectivity index (χ0n) is 19.0. The maximum Gasteiger partial charge on any atom is 0.243 e. The summed E-state index contributed by atoms with van der Waals surface area (Å²) < 4.78 is 54.5. The molecule has 1 N–H and O–H groups in total. The summed E-state index contributed by atoms with van der Waals surface area (Å²) in [6.07, 6.45) is 4.76. The first-order valence-electron chi connectivity index (χ1n) is 10.2. The highest BCUT2D eigenvalue weighted by Crippen LogP contribution is 2.37. The van der Waals surface area contributed by atoms with E-state index in [2.05, 4.69) is 34.9 Å². The Hall–Kier alpha value is -4.20. The van der Waals surface area contributed by atoms with Gasteiger partial charge in [0.05, 0.1) is 31.9 Å².